The van der Waals surface area contributed by atoms with E-state index in [-0.39, 0.29) is 6.61 Å². The van der Waals surface area contributed by atoms with Crippen LogP contribution < -0.4 is 4.74 Å². The van der Waals surface area contributed by atoms with Crippen LogP contribution in [0.3, 0.4) is 0 Å². The van der Waals surface area contributed by atoms with Crippen LogP contribution in [-0.4, -0.2) is 16.8 Å². The normalized spacial score (nSPS) is 10.9. The summed E-state index contributed by atoms with van der Waals surface area (Å²) >= 11 is 0. The molecule has 0 fully saturated rings. The molecule has 1 heterocycles. The summed E-state index contributed by atoms with van der Waals surface area (Å²) in [6.07, 6.45) is 0. The van der Waals surface area contributed by atoms with Gasteiger partial charge in [0.15, 0.2) is 0 Å². The minimum atomic E-state index is 0.0465. The molecule has 0 saturated heterocycles. The van der Waals surface area contributed by atoms with Gasteiger partial charge in [0.25, 0.3) is 0 Å². The maximum Gasteiger partial charge on any atom is 0.118 e. The van der Waals surface area contributed by atoms with Crippen molar-refractivity contribution in [1.82, 2.24) is 4.57 Å². The van der Waals surface area contributed by atoms with Gasteiger partial charge in [-0.05, 0) is 35.2 Å². The molecule has 3 rings (SSSR count). The second-order valence-electron chi connectivity index (χ2n) is 4.79. The van der Waals surface area contributed by atoms with Gasteiger partial charge < -0.3 is 14.4 Å². The van der Waals surface area contributed by atoms with E-state index in [2.05, 4.69) is 28.8 Å². The van der Waals surface area contributed by atoms with Gasteiger partial charge in [-0.2, -0.15) is 0 Å². The van der Waals surface area contributed by atoms with Crippen molar-refractivity contribution in [2.24, 2.45) is 0 Å². The van der Waals surface area contributed by atoms with E-state index in [0.29, 0.717) is 0 Å². The van der Waals surface area contributed by atoms with Gasteiger partial charge in [-0.3, -0.25) is 0 Å². The molecular formula is C17H17NO2. The number of rotatable bonds is 4. The summed E-state index contributed by atoms with van der Waals surface area (Å²) in [6, 6.07) is 18.2. The van der Waals surface area contributed by atoms with Gasteiger partial charge in [0, 0.05) is 17.8 Å². The van der Waals surface area contributed by atoms with E-state index in [9.17, 15) is 5.11 Å². The highest BCUT2D eigenvalue weighted by molar-refractivity contribution is 5.81. The largest absolute Gasteiger partial charge is 0.497 e. The van der Waals surface area contributed by atoms with Crippen molar-refractivity contribution in [2.75, 3.05) is 7.11 Å². The Morgan fingerprint density at radius 2 is 1.80 bits per heavy atom. The van der Waals surface area contributed by atoms with Gasteiger partial charge in [0.1, 0.15) is 5.75 Å². The molecule has 20 heavy (non-hydrogen) atoms. The molecule has 0 amide bonds. The highest BCUT2D eigenvalue weighted by atomic mass is 16.5. The Morgan fingerprint density at radius 1 is 1.05 bits per heavy atom. The zero-order valence-electron chi connectivity index (χ0n) is 11.4. The second-order valence-corrected chi connectivity index (χ2v) is 4.79. The molecule has 0 aliphatic rings. The number of aromatic nitrogens is 1. The van der Waals surface area contributed by atoms with Crippen LogP contribution in [0.1, 0.15) is 11.3 Å². The number of hydrogen-bond donors (Lipinski definition) is 1. The molecule has 0 aliphatic heterocycles. The molecular weight excluding hydrogens is 250 g/mol. The number of aliphatic hydroxyl groups is 1. The van der Waals surface area contributed by atoms with Crippen molar-refractivity contribution in [1.29, 1.82) is 0 Å². The minimum Gasteiger partial charge on any atom is -0.497 e. The molecule has 102 valence electrons. The van der Waals surface area contributed by atoms with Crippen LogP contribution in [0.15, 0.2) is 54.6 Å². The zero-order chi connectivity index (χ0) is 13.9. The molecule has 1 aromatic heterocycles. The Hall–Kier alpha value is -2.26. The maximum atomic E-state index is 9.54. The molecule has 0 bridgehead atoms. The molecule has 0 radical (unpaired) electrons. The standard InChI is InChI=1S/C17H17NO2/c1-20-16-8-6-13(7-9-16)11-18-15(12-19)10-14-4-2-3-5-17(14)18/h2-10,19H,11-12H2,1H3. The first-order valence-corrected chi connectivity index (χ1v) is 6.63. The summed E-state index contributed by atoms with van der Waals surface area (Å²) in [7, 11) is 1.67. The van der Waals surface area contributed by atoms with Gasteiger partial charge >= 0.3 is 0 Å². The van der Waals surface area contributed by atoms with Gasteiger partial charge in [-0.25, -0.2) is 0 Å². The molecule has 0 aliphatic carbocycles. The number of aliphatic hydroxyl groups excluding tert-OH is 1. The fraction of sp³-hybridized carbons (Fsp3) is 0.176. The first kappa shape index (κ1) is 12.8. The summed E-state index contributed by atoms with van der Waals surface area (Å²) in [5, 5.41) is 10.7. The quantitative estimate of drug-likeness (QED) is 0.787. The summed E-state index contributed by atoms with van der Waals surface area (Å²) in [4.78, 5) is 0. The van der Waals surface area contributed by atoms with Gasteiger partial charge in [0.05, 0.1) is 13.7 Å². The molecule has 0 spiro atoms. The van der Waals surface area contributed by atoms with Crippen LogP contribution in [0, 0.1) is 0 Å². The third-order valence-electron chi connectivity index (χ3n) is 3.56. The van der Waals surface area contributed by atoms with Gasteiger partial charge in [-0.15, -0.1) is 0 Å². The minimum absolute atomic E-state index is 0.0465. The lowest BCUT2D eigenvalue weighted by molar-refractivity contribution is 0.272. The summed E-state index contributed by atoms with van der Waals surface area (Å²) in [6.45, 7) is 0.790. The van der Waals surface area contributed by atoms with Crippen molar-refractivity contribution in [3.05, 3.63) is 65.9 Å². The number of methoxy groups -OCH3 is 1. The van der Waals surface area contributed by atoms with E-state index in [4.69, 9.17) is 4.74 Å². The number of fused-ring (bicyclic) bond motifs is 1. The number of hydrogen-bond acceptors (Lipinski definition) is 2. The Bertz CT molecular complexity index is 713. The molecule has 1 N–H and O–H groups in total. The summed E-state index contributed by atoms with van der Waals surface area (Å²) in [5.41, 5.74) is 3.26. The SMILES string of the molecule is COc1ccc(Cn2c(CO)cc3ccccc32)cc1. The van der Waals surface area contributed by atoms with E-state index < -0.39 is 0 Å². The lowest BCUT2D eigenvalue weighted by atomic mass is 10.2. The predicted octanol–water partition coefficient (Wildman–Crippen LogP) is 3.19. The average Bonchev–Trinajstić information content (AvgIpc) is 2.86. The second kappa shape index (κ2) is 5.39. The first-order valence-electron chi connectivity index (χ1n) is 6.63. The van der Waals surface area contributed by atoms with Crippen molar-refractivity contribution in [3.8, 4) is 5.75 Å². The fourth-order valence-electron chi connectivity index (χ4n) is 2.50. The fourth-order valence-corrected chi connectivity index (χ4v) is 2.50. The summed E-state index contributed by atoms with van der Waals surface area (Å²) in [5.74, 6) is 0.855. The van der Waals surface area contributed by atoms with Gasteiger partial charge in [0.2, 0.25) is 0 Å². The zero-order valence-corrected chi connectivity index (χ0v) is 11.4. The van der Waals surface area contributed by atoms with E-state index in [1.54, 1.807) is 7.11 Å². The van der Waals surface area contributed by atoms with Crippen LogP contribution >= 0.6 is 0 Å². The lowest BCUT2D eigenvalue weighted by Crippen LogP contribution is -2.04. The van der Waals surface area contributed by atoms with Crippen LogP contribution in [0.5, 0.6) is 5.75 Å². The van der Waals surface area contributed by atoms with Crippen molar-refractivity contribution in [3.63, 3.8) is 0 Å². The lowest BCUT2D eigenvalue weighted by Gasteiger charge is -2.10. The number of benzene rings is 2. The Labute approximate surface area is 118 Å². The highest BCUT2D eigenvalue weighted by Gasteiger charge is 2.08. The third-order valence-corrected chi connectivity index (χ3v) is 3.56. The van der Waals surface area contributed by atoms with Crippen LogP contribution in [-0.2, 0) is 13.2 Å². The van der Waals surface area contributed by atoms with Crippen LogP contribution in [0.2, 0.25) is 0 Å². The molecule has 3 aromatic rings. The predicted molar refractivity (Wildman–Crippen MR) is 80.0 cm³/mol. The highest BCUT2D eigenvalue weighted by Crippen LogP contribution is 2.22. The monoisotopic (exact) mass is 267 g/mol. The maximum absolute atomic E-state index is 9.54. The van der Waals surface area contributed by atoms with Crippen LogP contribution in [0.25, 0.3) is 10.9 Å². The van der Waals surface area contributed by atoms with E-state index in [1.165, 1.54) is 5.56 Å². The molecule has 0 saturated carbocycles. The molecule has 0 atom stereocenters. The van der Waals surface area contributed by atoms with E-state index in [1.807, 2.05) is 30.3 Å². The van der Waals surface area contributed by atoms with Crippen molar-refractivity contribution < 1.29 is 9.84 Å². The first-order chi connectivity index (χ1) is 9.81. The number of nitrogens with zero attached hydrogens (tertiary/aromatic N) is 1. The van der Waals surface area contributed by atoms with Crippen molar-refractivity contribution >= 4 is 10.9 Å². The Morgan fingerprint density at radius 3 is 2.50 bits per heavy atom. The summed E-state index contributed by atoms with van der Waals surface area (Å²) < 4.78 is 7.32. The molecule has 3 nitrogen and oxygen atoms in total. The Kier molecular flexibility index (Phi) is 3.44. The molecule has 2 aromatic carbocycles. The smallest absolute Gasteiger partial charge is 0.118 e. The van der Waals surface area contributed by atoms with E-state index >= 15 is 0 Å². The average molecular weight is 267 g/mol. The number of para-hydroxylation sites is 1. The Balaban J connectivity index is 2.00. The molecule has 3 heteroatoms. The van der Waals surface area contributed by atoms with Crippen LogP contribution in [0.4, 0.5) is 0 Å². The van der Waals surface area contributed by atoms with Crippen molar-refractivity contribution in [2.45, 2.75) is 13.2 Å². The molecule has 0 unspecified atom stereocenters. The topological polar surface area (TPSA) is 34.4 Å². The number of ether oxygens (including phenoxy) is 1. The third kappa shape index (κ3) is 2.28. The van der Waals surface area contributed by atoms with Gasteiger partial charge in [-0.1, -0.05) is 30.3 Å². The van der Waals surface area contributed by atoms with E-state index in [0.717, 1.165) is 28.9 Å².